The second kappa shape index (κ2) is 12.7. The number of aryl methyl sites for hydroxylation is 1. The number of benzene rings is 3. The summed E-state index contributed by atoms with van der Waals surface area (Å²) in [4.78, 5) is 30.1. The van der Waals surface area contributed by atoms with Gasteiger partial charge in [0.15, 0.2) is 18.1 Å². The number of allylic oxidation sites excluding steroid dienone is 1. The van der Waals surface area contributed by atoms with Crippen LogP contribution in [0, 0.1) is 6.92 Å². The molecule has 0 spiro atoms. The van der Waals surface area contributed by atoms with Crippen LogP contribution in [0.2, 0.25) is 5.02 Å². The SMILES string of the molecule is C=CCc1cc(C=Nn2c(C)nc3ccc(Br)cc3c2=O)cc(OCC)c1OCC(=O)Nc1ccc(Cl)cc1. The monoisotopic (exact) mass is 608 g/mol. The fourth-order valence-corrected chi connectivity index (χ4v) is 4.37. The summed E-state index contributed by atoms with van der Waals surface area (Å²) in [7, 11) is 0. The van der Waals surface area contributed by atoms with Crippen LogP contribution in [0.25, 0.3) is 10.9 Å². The molecule has 4 rings (SSSR count). The Labute approximate surface area is 239 Å². The van der Waals surface area contributed by atoms with Crippen molar-refractivity contribution >= 4 is 56.2 Å². The number of rotatable bonds is 10. The van der Waals surface area contributed by atoms with Gasteiger partial charge in [0.1, 0.15) is 5.82 Å². The lowest BCUT2D eigenvalue weighted by molar-refractivity contribution is -0.118. The maximum absolute atomic E-state index is 13.1. The maximum atomic E-state index is 13.1. The fourth-order valence-electron chi connectivity index (χ4n) is 3.88. The maximum Gasteiger partial charge on any atom is 0.282 e. The Hall–Kier alpha value is -3.95. The Bertz CT molecular complexity index is 1620. The van der Waals surface area contributed by atoms with Crippen molar-refractivity contribution in [3.63, 3.8) is 0 Å². The second-order valence-electron chi connectivity index (χ2n) is 8.46. The van der Waals surface area contributed by atoms with Crippen molar-refractivity contribution in [2.24, 2.45) is 5.10 Å². The molecule has 0 aliphatic carbocycles. The Balaban J connectivity index is 1.62. The predicted molar refractivity (Wildman–Crippen MR) is 159 cm³/mol. The number of amides is 1. The van der Waals surface area contributed by atoms with E-state index >= 15 is 0 Å². The van der Waals surface area contributed by atoms with E-state index in [1.165, 1.54) is 4.68 Å². The molecule has 0 fully saturated rings. The van der Waals surface area contributed by atoms with Crippen LogP contribution in [0.5, 0.6) is 11.5 Å². The summed E-state index contributed by atoms with van der Waals surface area (Å²) < 4.78 is 13.8. The van der Waals surface area contributed by atoms with Crippen molar-refractivity contribution in [3.05, 3.63) is 104 Å². The van der Waals surface area contributed by atoms with E-state index in [-0.39, 0.29) is 18.1 Å². The number of nitrogens with zero attached hydrogens (tertiary/aromatic N) is 3. The van der Waals surface area contributed by atoms with Crippen LogP contribution < -0.4 is 20.3 Å². The van der Waals surface area contributed by atoms with Crippen LogP contribution in [0.15, 0.2) is 81.6 Å². The first kappa shape index (κ1) is 28.1. The number of aromatic nitrogens is 2. The summed E-state index contributed by atoms with van der Waals surface area (Å²) in [6.07, 6.45) is 3.75. The highest BCUT2D eigenvalue weighted by atomic mass is 79.9. The van der Waals surface area contributed by atoms with Crippen LogP contribution in [-0.2, 0) is 11.2 Å². The number of hydrogen-bond donors (Lipinski definition) is 1. The highest BCUT2D eigenvalue weighted by Gasteiger charge is 2.15. The third-order valence-corrected chi connectivity index (χ3v) is 6.33. The van der Waals surface area contributed by atoms with Crippen molar-refractivity contribution in [1.82, 2.24) is 9.66 Å². The van der Waals surface area contributed by atoms with E-state index in [0.717, 1.165) is 10.0 Å². The molecule has 0 saturated heterocycles. The molecule has 1 aromatic heterocycles. The smallest absolute Gasteiger partial charge is 0.282 e. The third kappa shape index (κ3) is 6.93. The molecule has 0 radical (unpaired) electrons. The second-order valence-corrected chi connectivity index (χ2v) is 9.81. The molecule has 1 N–H and O–H groups in total. The zero-order valence-electron chi connectivity index (χ0n) is 21.4. The molecule has 3 aromatic carbocycles. The molecular formula is C29H26BrClN4O4. The number of carbonyl (C=O) groups is 1. The summed E-state index contributed by atoms with van der Waals surface area (Å²) in [5.41, 5.74) is 2.35. The molecule has 0 unspecified atom stereocenters. The molecule has 200 valence electrons. The Kier molecular flexibility index (Phi) is 9.16. The number of ether oxygens (including phenoxy) is 2. The summed E-state index contributed by atoms with van der Waals surface area (Å²) in [6, 6.07) is 15.7. The molecule has 4 aromatic rings. The van der Waals surface area contributed by atoms with Crippen molar-refractivity contribution in [2.45, 2.75) is 20.3 Å². The minimum Gasteiger partial charge on any atom is -0.490 e. The van der Waals surface area contributed by atoms with E-state index in [2.05, 4.69) is 37.9 Å². The van der Waals surface area contributed by atoms with Crippen LogP contribution in [0.4, 0.5) is 5.69 Å². The van der Waals surface area contributed by atoms with E-state index in [0.29, 0.717) is 57.5 Å². The van der Waals surface area contributed by atoms with E-state index in [9.17, 15) is 9.59 Å². The van der Waals surface area contributed by atoms with Crippen molar-refractivity contribution < 1.29 is 14.3 Å². The molecule has 1 heterocycles. The Morgan fingerprint density at radius 2 is 1.95 bits per heavy atom. The first-order valence-electron chi connectivity index (χ1n) is 12.1. The lowest BCUT2D eigenvalue weighted by atomic mass is 10.1. The molecule has 1 amide bonds. The van der Waals surface area contributed by atoms with Gasteiger partial charge in [0, 0.05) is 20.7 Å². The molecule has 0 aliphatic heterocycles. The summed E-state index contributed by atoms with van der Waals surface area (Å²) in [5, 5.41) is 8.22. The van der Waals surface area contributed by atoms with Gasteiger partial charge in [-0.05, 0) is 80.4 Å². The lowest BCUT2D eigenvalue weighted by Crippen LogP contribution is -2.21. The Morgan fingerprint density at radius 1 is 1.18 bits per heavy atom. The molecule has 0 saturated carbocycles. The summed E-state index contributed by atoms with van der Waals surface area (Å²) in [5.74, 6) is 1.00. The number of nitrogens with one attached hydrogen (secondary N) is 1. The number of hydrogen-bond acceptors (Lipinski definition) is 6. The highest BCUT2D eigenvalue weighted by molar-refractivity contribution is 9.10. The van der Waals surface area contributed by atoms with Gasteiger partial charge in [0.2, 0.25) is 0 Å². The topological polar surface area (TPSA) is 94.8 Å². The Morgan fingerprint density at radius 3 is 2.67 bits per heavy atom. The van der Waals surface area contributed by atoms with E-state index in [4.69, 9.17) is 21.1 Å². The zero-order chi connectivity index (χ0) is 27.9. The van der Waals surface area contributed by atoms with E-state index in [1.54, 1.807) is 61.7 Å². The first-order valence-corrected chi connectivity index (χ1v) is 13.3. The van der Waals surface area contributed by atoms with Crippen molar-refractivity contribution in [2.75, 3.05) is 18.5 Å². The van der Waals surface area contributed by atoms with Gasteiger partial charge in [-0.15, -0.1) is 6.58 Å². The number of carbonyl (C=O) groups excluding carboxylic acids is 1. The van der Waals surface area contributed by atoms with Gasteiger partial charge >= 0.3 is 0 Å². The first-order chi connectivity index (χ1) is 18.8. The van der Waals surface area contributed by atoms with Crippen LogP contribution in [0.3, 0.4) is 0 Å². The molecular weight excluding hydrogens is 584 g/mol. The minimum absolute atomic E-state index is 0.229. The van der Waals surface area contributed by atoms with Gasteiger partial charge in [-0.1, -0.05) is 33.6 Å². The minimum atomic E-state index is -0.333. The van der Waals surface area contributed by atoms with Crippen LogP contribution >= 0.6 is 27.5 Å². The van der Waals surface area contributed by atoms with Gasteiger partial charge in [-0.2, -0.15) is 9.78 Å². The van der Waals surface area contributed by atoms with Crippen LogP contribution in [0.1, 0.15) is 23.9 Å². The van der Waals surface area contributed by atoms with Gasteiger partial charge in [0.05, 0.1) is 23.7 Å². The van der Waals surface area contributed by atoms with Gasteiger partial charge in [-0.25, -0.2) is 4.98 Å². The quantitative estimate of drug-likeness (QED) is 0.172. The number of fused-ring (bicyclic) bond motifs is 1. The van der Waals surface area contributed by atoms with Crippen molar-refractivity contribution in [1.29, 1.82) is 0 Å². The number of anilines is 1. The lowest BCUT2D eigenvalue weighted by Gasteiger charge is -2.16. The van der Waals surface area contributed by atoms with Gasteiger partial charge in [0.25, 0.3) is 11.5 Å². The standard InChI is InChI=1S/C29H26BrClN4O4/c1-4-6-20-13-19(16-32-35-18(3)33-25-12-7-21(30)15-24(25)29(35)37)14-26(38-5-2)28(20)39-17-27(36)34-23-10-8-22(31)9-11-23/h4,7-16H,1,5-6,17H2,2-3H3,(H,34,36). The average Bonchev–Trinajstić information content (AvgIpc) is 2.90. The predicted octanol–water partition coefficient (Wildman–Crippen LogP) is 6.15. The molecule has 10 heteroatoms. The summed E-state index contributed by atoms with van der Waals surface area (Å²) in [6.45, 7) is 7.56. The van der Waals surface area contributed by atoms with E-state index < -0.39 is 0 Å². The van der Waals surface area contributed by atoms with Crippen molar-refractivity contribution in [3.8, 4) is 11.5 Å². The largest absolute Gasteiger partial charge is 0.490 e. The molecule has 0 atom stereocenters. The highest BCUT2D eigenvalue weighted by Crippen LogP contribution is 2.34. The zero-order valence-corrected chi connectivity index (χ0v) is 23.8. The molecule has 0 bridgehead atoms. The molecule has 8 nitrogen and oxygen atoms in total. The fraction of sp³-hybridized carbons (Fsp3) is 0.172. The normalized spacial score (nSPS) is 11.1. The van der Waals surface area contributed by atoms with Gasteiger partial charge in [-0.3, -0.25) is 9.59 Å². The third-order valence-electron chi connectivity index (χ3n) is 5.59. The number of halogens is 2. The summed E-state index contributed by atoms with van der Waals surface area (Å²) >= 11 is 9.31. The van der Waals surface area contributed by atoms with E-state index in [1.807, 2.05) is 19.1 Å². The van der Waals surface area contributed by atoms with Crippen LogP contribution in [-0.4, -0.2) is 35.0 Å². The average molecular weight is 610 g/mol. The molecule has 39 heavy (non-hydrogen) atoms. The molecule has 0 aliphatic rings. The van der Waals surface area contributed by atoms with Gasteiger partial charge < -0.3 is 14.8 Å².